The van der Waals surface area contributed by atoms with Gasteiger partial charge in [-0.1, -0.05) is 26.7 Å². The largest absolute Gasteiger partial charge is 0.396 e. The third kappa shape index (κ3) is 6.14. The molecule has 0 aromatic heterocycles. The SMILES string of the molecule is CCNC(=NCC1(CO)CCOCC1)NCC1(CC(C)C)CCCC1. The van der Waals surface area contributed by atoms with E-state index in [9.17, 15) is 5.11 Å². The molecule has 5 nitrogen and oxygen atoms in total. The molecule has 2 aliphatic rings. The third-order valence-corrected chi connectivity index (χ3v) is 5.94. The number of hydrogen-bond donors (Lipinski definition) is 3. The average molecular weight is 354 g/mol. The molecule has 0 unspecified atom stereocenters. The zero-order chi connectivity index (χ0) is 18.2. The highest BCUT2D eigenvalue weighted by Crippen LogP contribution is 2.42. The van der Waals surface area contributed by atoms with Crippen molar-refractivity contribution in [2.75, 3.05) is 39.5 Å². The van der Waals surface area contributed by atoms with Gasteiger partial charge in [0, 0.05) is 31.7 Å². The summed E-state index contributed by atoms with van der Waals surface area (Å²) in [5, 5.41) is 16.9. The van der Waals surface area contributed by atoms with Crippen LogP contribution < -0.4 is 10.6 Å². The molecule has 0 aromatic carbocycles. The van der Waals surface area contributed by atoms with Crippen LogP contribution in [0.25, 0.3) is 0 Å². The van der Waals surface area contributed by atoms with Crippen LogP contribution in [-0.2, 0) is 4.74 Å². The molecule has 1 saturated heterocycles. The van der Waals surface area contributed by atoms with E-state index in [0.717, 1.165) is 51.0 Å². The second-order valence-corrected chi connectivity index (χ2v) is 8.62. The lowest BCUT2D eigenvalue weighted by atomic mass is 9.78. The second kappa shape index (κ2) is 9.77. The number of nitrogens with zero attached hydrogens (tertiary/aromatic N) is 1. The van der Waals surface area contributed by atoms with Crippen molar-refractivity contribution < 1.29 is 9.84 Å². The van der Waals surface area contributed by atoms with Gasteiger partial charge in [-0.2, -0.15) is 0 Å². The van der Waals surface area contributed by atoms with Crippen molar-refractivity contribution >= 4 is 5.96 Å². The third-order valence-electron chi connectivity index (χ3n) is 5.94. The van der Waals surface area contributed by atoms with Crippen LogP contribution in [-0.4, -0.2) is 50.5 Å². The fourth-order valence-electron chi connectivity index (χ4n) is 4.47. The van der Waals surface area contributed by atoms with Gasteiger partial charge >= 0.3 is 0 Å². The van der Waals surface area contributed by atoms with Crippen LogP contribution in [0, 0.1) is 16.7 Å². The fourth-order valence-corrected chi connectivity index (χ4v) is 4.47. The first-order valence-electron chi connectivity index (χ1n) is 10.2. The van der Waals surface area contributed by atoms with Gasteiger partial charge in [0.15, 0.2) is 5.96 Å². The first-order valence-corrected chi connectivity index (χ1v) is 10.2. The Labute approximate surface area is 154 Å². The van der Waals surface area contributed by atoms with Crippen molar-refractivity contribution in [2.45, 2.75) is 65.7 Å². The molecule has 1 aliphatic carbocycles. The van der Waals surface area contributed by atoms with Gasteiger partial charge in [0.1, 0.15) is 0 Å². The molecular formula is C20H39N3O2. The number of ether oxygens (including phenoxy) is 1. The van der Waals surface area contributed by atoms with Crippen molar-refractivity contribution in [1.82, 2.24) is 10.6 Å². The molecule has 1 saturated carbocycles. The summed E-state index contributed by atoms with van der Waals surface area (Å²) in [5.41, 5.74) is 0.321. The number of aliphatic hydroxyl groups excluding tert-OH is 1. The van der Waals surface area contributed by atoms with Crippen LogP contribution in [0.15, 0.2) is 4.99 Å². The van der Waals surface area contributed by atoms with Gasteiger partial charge in [0.25, 0.3) is 0 Å². The Morgan fingerprint density at radius 3 is 2.32 bits per heavy atom. The van der Waals surface area contributed by atoms with E-state index in [1.165, 1.54) is 32.1 Å². The van der Waals surface area contributed by atoms with Crippen LogP contribution in [0.5, 0.6) is 0 Å². The smallest absolute Gasteiger partial charge is 0.191 e. The van der Waals surface area contributed by atoms with Gasteiger partial charge in [-0.15, -0.1) is 0 Å². The van der Waals surface area contributed by atoms with E-state index < -0.39 is 0 Å². The molecule has 2 rings (SSSR count). The number of aliphatic hydroxyl groups is 1. The standard InChI is InChI=1S/C20H39N3O2/c1-4-21-18(23-15-20(16-24)9-11-25-12-10-20)22-14-19(13-17(2)3)7-5-6-8-19/h17,24H,4-16H2,1-3H3,(H2,21,22,23). The Kier molecular flexibility index (Phi) is 8.01. The van der Waals surface area contributed by atoms with Crippen LogP contribution in [0.1, 0.15) is 65.7 Å². The van der Waals surface area contributed by atoms with Gasteiger partial charge in [0.05, 0.1) is 13.2 Å². The van der Waals surface area contributed by atoms with Gasteiger partial charge in [-0.05, 0) is 50.4 Å². The molecular weight excluding hydrogens is 314 g/mol. The number of guanidine groups is 1. The quantitative estimate of drug-likeness (QED) is 0.464. The molecule has 25 heavy (non-hydrogen) atoms. The first kappa shape index (κ1) is 20.5. The summed E-state index contributed by atoms with van der Waals surface area (Å²) < 4.78 is 5.46. The summed E-state index contributed by atoms with van der Waals surface area (Å²) >= 11 is 0. The van der Waals surface area contributed by atoms with E-state index in [-0.39, 0.29) is 12.0 Å². The van der Waals surface area contributed by atoms with Crippen molar-refractivity contribution in [3.05, 3.63) is 0 Å². The van der Waals surface area contributed by atoms with E-state index in [0.29, 0.717) is 12.0 Å². The van der Waals surface area contributed by atoms with E-state index >= 15 is 0 Å². The fraction of sp³-hybridized carbons (Fsp3) is 0.950. The van der Waals surface area contributed by atoms with Gasteiger partial charge < -0.3 is 20.5 Å². The molecule has 0 amide bonds. The average Bonchev–Trinajstić information content (AvgIpc) is 3.06. The Hall–Kier alpha value is -0.810. The maximum absolute atomic E-state index is 9.86. The van der Waals surface area contributed by atoms with Gasteiger partial charge in [-0.3, -0.25) is 4.99 Å². The van der Waals surface area contributed by atoms with Crippen LogP contribution >= 0.6 is 0 Å². The van der Waals surface area contributed by atoms with E-state index in [1.807, 2.05) is 0 Å². The van der Waals surface area contributed by atoms with E-state index in [4.69, 9.17) is 9.73 Å². The lowest BCUT2D eigenvalue weighted by molar-refractivity contribution is -0.0106. The van der Waals surface area contributed by atoms with E-state index in [2.05, 4.69) is 31.4 Å². The van der Waals surface area contributed by atoms with Gasteiger partial charge in [-0.25, -0.2) is 0 Å². The minimum atomic E-state index is -0.108. The molecule has 3 N–H and O–H groups in total. The summed E-state index contributed by atoms with van der Waals surface area (Å²) in [6.45, 7) is 11.0. The normalized spacial score (nSPS) is 23.0. The molecule has 0 radical (unpaired) electrons. The minimum absolute atomic E-state index is 0.108. The Balaban J connectivity index is 1.96. The molecule has 2 fully saturated rings. The van der Waals surface area contributed by atoms with Crippen molar-refractivity contribution in [3.8, 4) is 0 Å². The molecule has 0 spiro atoms. The highest BCUT2D eigenvalue weighted by Gasteiger charge is 2.35. The summed E-state index contributed by atoms with van der Waals surface area (Å²) in [5.74, 6) is 1.64. The maximum Gasteiger partial charge on any atom is 0.191 e. The second-order valence-electron chi connectivity index (χ2n) is 8.62. The van der Waals surface area contributed by atoms with Crippen LogP contribution in [0.2, 0.25) is 0 Å². The Bertz CT molecular complexity index is 411. The summed E-state index contributed by atoms with van der Waals surface area (Å²) in [4.78, 5) is 4.83. The molecule has 1 aliphatic heterocycles. The zero-order valence-corrected chi connectivity index (χ0v) is 16.6. The molecule has 0 bridgehead atoms. The van der Waals surface area contributed by atoms with Crippen LogP contribution in [0.4, 0.5) is 0 Å². The first-order chi connectivity index (χ1) is 12.0. The van der Waals surface area contributed by atoms with Gasteiger partial charge in [0.2, 0.25) is 0 Å². The molecule has 146 valence electrons. The molecule has 0 aromatic rings. The predicted octanol–water partition coefficient (Wildman–Crippen LogP) is 2.94. The number of aliphatic imine (C=N–C) groups is 1. The Morgan fingerprint density at radius 2 is 1.76 bits per heavy atom. The number of nitrogens with one attached hydrogen (secondary N) is 2. The summed E-state index contributed by atoms with van der Waals surface area (Å²) in [6.07, 6.45) is 8.45. The van der Waals surface area contributed by atoms with Crippen molar-refractivity contribution in [3.63, 3.8) is 0 Å². The maximum atomic E-state index is 9.86. The zero-order valence-electron chi connectivity index (χ0n) is 16.6. The summed E-state index contributed by atoms with van der Waals surface area (Å²) in [7, 11) is 0. The van der Waals surface area contributed by atoms with Crippen LogP contribution in [0.3, 0.4) is 0 Å². The highest BCUT2D eigenvalue weighted by atomic mass is 16.5. The minimum Gasteiger partial charge on any atom is -0.396 e. The highest BCUT2D eigenvalue weighted by molar-refractivity contribution is 5.79. The monoisotopic (exact) mass is 353 g/mol. The molecule has 1 heterocycles. The molecule has 0 atom stereocenters. The molecule has 5 heteroatoms. The summed E-state index contributed by atoms with van der Waals surface area (Å²) in [6, 6.07) is 0. The number of rotatable bonds is 8. The topological polar surface area (TPSA) is 65.9 Å². The van der Waals surface area contributed by atoms with E-state index in [1.54, 1.807) is 0 Å². The van der Waals surface area contributed by atoms with Crippen molar-refractivity contribution in [1.29, 1.82) is 0 Å². The van der Waals surface area contributed by atoms with Crippen molar-refractivity contribution in [2.24, 2.45) is 21.7 Å². The Morgan fingerprint density at radius 1 is 1.08 bits per heavy atom. The number of hydrogen-bond acceptors (Lipinski definition) is 3. The lowest BCUT2D eigenvalue weighted by Crippen LogP contribution is -2.44. The predicted molar refractivity (Wildman–Crippen MR) is 104 cm³/mol. The lowest BCUT2D eigenvalue weighted by Gasteiger charge is -2.34.